The number of hydrogen-bond acceptors (Lipinski definition) is 3. The third-order valence-corrected chi connectivity index (χ3v) is 4.95. The quantitative estimate of drug-likeness (QED) is 0.776. The average molecular weight is 359 g/mol. The molecule has 130 valence electrons. The fourth-order valence-corrected chi connectivity index (χ4v) is 3.09. The Balaban J connectivity index is 2.13. The van der Waals surface area contributed by atoms with Crippen molar-refractivity contribution >= 4 is 10.0 Å². The molecule has 3 aromatic rings. The zero-order valence-corrected chi connectivity index (χ0v) is 14.7. The van der Waals surface area contributed by atoms with E-state index in [1.54, 1.807) is 29.8 Å². The Morgan fingerprint density at radius 3 is 2.32 bits per heavy atom. The molecule has 0 saturated carbocycles. The van der Waals surface area contributed by atoms with Crippen LogP contribution >= 0.6 is 0 Å². The predicted octanol–water partition coefficient (Wildman–Crippen LogP) is 3.33. The summed E-state index contributed by atoms with van der Waals surface area (Å²) < 4.78 is 38.5. The lowest BCUT2D eigenvalue weighted by Gasteiger charge is -2.05. The first-order valence-corrected chi connectivity index (χ1v) is 9.31. The lowest BCUT2D eigenvalue weighted by molar-refractivity contribution is 0.598. The van der Waals surface area contributed by atoms with Gasteiger partial charge >= 0.3 is 0 Å². The number of sulfonamides is 1. The maximum Gasteiger partial charge on any atom is 0.238 e. The second-order valence-electron chi connectivity index (χ2n) is 5.78. The van der Waals surface area contributed by atoms with Crippen LogP contribution in [0.2, 0.25) is 0 Å². The van der Waals surface area contributed by atoms with Gasteiger partial charge in [0.25, 0.3) is 0 Å². The molecule has 0 unspecified atom stereocenters. The summed E-state index contributed by atoms with van der Waals surface area (Å²) in [5, 5.41) is 9.67. The molecule has 0 fully saturated rings. The topological polar surface area (TPSA) is 78.0 Å². The highest BCUT2D eigenvalue weighted by molar-refractivity contribution is 7.89. The van der Waals surface area contributed by atoms with E-state index in [0.717, 1.165) is 11.1 Å². The van der Waals surface area contributed by atoms with E-state index >= 15 is 0 Å². The van der Waals surface area contributed by atoms with Gasteiger partial charge in [0.15, 0.2) is 0 Å². The lowest BCUT2D eigenvalue weighted by Crippen LogP contribution is -2.11. The fraction of sp³-hybridized carbons (Fsp3) is 0.167. The molecule has 0 bridgehead atoms. The van der Waals surface area contributed by atoms with E-state index in [9.17, 15) is 12.8 Å². The summed E-state index contributed by atoms with van der Waals surface area (Å²) in [4.78, 5) is 0.0362. The lowest BCUT2D eigenvalue weighted by atomic mass is 10.0. The molecule has 1 aromatic heterocycles. The second-order valence-corrected chi connectivity index (χ2v) is 7.34. The van der Waals surface area contributed by atoms with Crippen molar-refractivity contribution in [2.75, 3.05) is 0 Å². The van der Waals surface area contributed by atoms with Crippen molar-refractivity contribution in [1.82, 2.24) is 9.78 Å². The molecule has 7 heteroatoms. The minimum Gasteiger partial charge on any atom is -0.272 e. The van der Waals surface area contributed by atoms with Crippen molar-refractivity contribution in [1.29, 1.82) is 0 Å². The Bertz CT molecular complexity index is 1020. The fourth-order valence-electron chi connectivity index (χ4n) is 2.57. The van der Waals surface area contributed by atoms with Crippen molar-refractivity contribution in [3.8, 4) is 22.4 Å². The molecule has 0 aliphatic carbocycles. The van der Waals surface area contributed by atoms with Crippen LogP contribution in [0.3, 0.4) is 0 Å². The number of halogens is 1. The number of hydrogen-bond donors (Lipinski definition) is 1. The number of nitrogens with zero attached hydrogens (tertiary/aromatic N) is 2. The molecule has 5 nitrogen and oxygen atoms in total. The molecular weight excluding hydrogens is 341 g/mol. The molecule has 2 N–H and O–H groups in total. The highest BCUT2D eigenvalue weighted by Crippen LogP contribution is 2.32. The highest BCUT2D eigenvalue weighted by atomic mass is 32.2. The summed E-state index contributed by atoms with van der Waals surface area (Å²) in [7, 11) is -3.75. The molecule has 25 heavy (non-hydrogen) atoms. The van der Waals surface area contributed by atoms with Crippen LogP contribution in [0, 0.1) is 12.7 Å². The van der Waals surface area contributed by atoms with Gasteiger partial charge in [-0.1, -0.05) is 24.3 Å². The summed E-state index contributed by atoms with van der Waals surface area (Å²) in [6.45, 7) is 4.33. The molecule has 0 spiro atoms. The van der Waals surface area contributed by atoms with Gasteiger partial charge in [-0.2, -0.15) is 5.10 Å². The average Bonchev–Trinajstić information content (AvgIpc) is 3.01. The molecule has 3 rings (SSSR count). The van der Waals surface area contributed by atoms with E-state index in [0.29, 0.717) is 23.4 Å². The van der Waals surface area contributed by atoms with Crippen LogP contribution in [0.25, 0.3) is 22.4 Å². The van der Waals surface area contributed by atoms with E-state index in [1.165, 1.54) is 18.2 Å². The number of rotatable bonds is 4. The number of aryl methyl sites for hydroxylation is 2. The predicted molar refractivity (Wildman–Crippen MR) is 94.8 cm³/mol. The van der Waals surface area contributed by atoms with Crippen molar-refractivity contribution in [3.05, 3.63) is 60.0 Å². The van der Waals surface area contributed by atoms with Gasteiger partial charge in [0.1, 0.15) is 11.5 Å². The molecule has 0 saturated heterocycles. The van der Waals surface area contributed by atoms with E-state index < -0.39 is 10.0 Å². The molecule has 0 amide bonds. The molecule has 0 radical (unpaired) electrons. The van der Waals surface area contributed by atoms with E-state index in [-0.39, 0.29) is 10.7 Å². The van der Waals surface area contributed by atoms with Crippen LogP contribution in [-0.2, 0) is 16.6 Å². The Kier molecular flexibility index (Phi) is 4.45. The van der Waals surface area contributed by atoms with E-state index in [2.05, 4.69) is 5.10 Å². The SMILES string of the molecule is CCn1cc(-c2ccc(C)c(F)c2)c(-c2ccc(S(N)(=O)=O)cc2)n1. The molecule has 1 heterocycles. The van der Waals surface area contributed by atoms with Gasteiger partial charge in [-0.25, -0.2) is 17.9 Å². The molecule has 2 aromatic carbocycles. The third kappa shape index (κ3) is 3.47. The summed E-state index contributed by atoms with van der Waals surface area (Å²) in [5.74, 6) is -0.280. The van der Waals surface area contributed by atoms with Crippen molar-refractivity contribution < 1.29 is 12.8 Å². The Morgan fingerprint density at radius 2 is 1.76 bits per heavy atom. The standard InChI is InChI=1S/C18H18FN3O2S/c1-3-22-11-16(14-5-4-12(2)17(19)10-14)18(21-22)13-6-8-15(9-7-13)25(20,23)24/h4-11H,3H2,1-2H3,(H2,20,23,24). The van der Waals surface area contributed by atoms with Crippen LogP contribution in [0.1, 0.15) is 12.5 Å². The van der Waals surface area contributed by atoms with Gasteiger partial charge in [-0.3, -0.25) is 4.68 Å². The number of aromatic nitrogens is 2. The smallest absolute Gasteiger partial charge is 0.238 e. The molecule has 0 atom stereocenters. The van der Waals surface area contributed by atoms with Gasteiger partial charge in [0.2, 0.25) is 10.0 Å². The monoisotopic (exact) mass is 359 g/mol. The van der Waals surface area contributed by atoms with Crippen molar-refractivity contribution in [3.63, 3.8) is 0 Å². The summed E-state index contributed by atoms with van der Waals surface area (Å²) in [6, 6.07) is 11.2. The molecule has 0 aliphatic heterocycles. The Morgan fingerprint density at radius 1 is 1.12 bits per heavy atom. The Labute approximate surface area is 146 Å². The first-order chi connectivity index (χ1) is 11.8. The summed E-state index contributed by atoms with van der Waals surface area (Å²) in [5.41, 5.74) is 3.46. The first kappa shape index (κ1) is 17.3. The van der Waals surface area contributed by atoms with Crippen LogP contribution in [0.4, 0.5) is 4.39 Å². The number of primary sulfonamides is 1. The maximum absolute atomic E-state index is 14.0. The van der Waals surface area contributed by atoms with Crippen LogP contribution in [0.5, 0.6) is 0 Å². The summed E-state index contributed by atoms with van der Waals surface area (Å²) >= 11 is 0. The van der Waals surface area contributed by atoms with Crippen LogP contribution in [0.15, 0.2) is 53.6 Å². The first-order valence-electron chi connectivity index (χ1n) is 7.77. The normalized spacial score (nSPS) is 11.7. The van der Waals surface area contributed by atoms with Gasteiger partial charge in [0.05, 0.1) is 4.90 Å². The van der Waals surface area contributed by atoms with Gasteiger partial charge in [-0.05, 0) is 43.2 Å². The maximum atomic E-state index is 14.0. The number of nitrogens with two attached hydrogens (primary N) is 1. The highest BCUT2D eigenvalue weighted by Gasteiger charge is 2.15. The third-order valence-electron chi connectivity index (χ3n) is 4.02. The van der Waals surface area contributed by atoms with Crippen molar-refractivity contribution in [2.24, 2.45) is 5.14 Å². The van der Waals surface area contributed by atoms with Gasteiger partial charge in [0, 0.05) is 23.9 Å². The number of benzene rings is 2. The van der Waals surface area contributed by atoms with E-state index in [4.69, 9.17) is 5.14 Å². The van der Waals surface area contributed by atoms with Gasteiger partial charge in [-0.15, -0.1) is 0 Å². The minimum atomic E-state index is -3.75. The Hall–Kier alpha value is -2.51. The van der Waals surface area contributed by atoms with Crippen LogP contribution in [-0.4, -0.2) is 18.2 Å². The second kappa shape index (κ2) is 6.42. The van der Waals surface area contributed by atoms with Crippen molar-refractivity contribution in [2.45, 2.75) is 25.3 Å². The summed E-state index contributed by atoms with van der Waals surface area (Å²) in [6.07, 6.45) is 1.85. The molecule has 0 aliphatic rings. The van der Waals surface area contributed by atoms with E-state index in [1.807, 2.05) is 19.2 Å². The minimum absolute atomic E-state index is 0.0362. The molecular formula is C18H18FN3O2S. The zero-order valence-electron chi connectivity index (χ0n) is 13.9. The zero-order chi connectivity index (χ0) is 18.2. The van der Waals surface area contributed by atoms with Crippen LogP contribution < -0.4 is 5.14 Å². The largest absolute Gasteiger partial charge is 0.272 e. The van der Waals surface area contributed by atoms with Gasteiger partial charge < -0.3 is 0 Å².